The summed E-state index contributed by atoms with van der Waals surface area (Å²) in [6.45, 7) is 10.9. The fourth-order valence-corrected chi connectivity index (χ4v) is 1.14. The second-order valence-electron chi connectivity index (χ2n) is 4.35. The standard InChI is InChI=1S/C12H27NO3/c1-11(2)13-9-12(3)10-16-8-7-15-6-5-14-4/h11-13H,5-10H2,1-4H3. The molecule has 4 heteroatoms. The minimum absolute atomic E-state index is 0.542. The number of methoxy groups -OCH3 is 1. The molecule has 0 fully saturated rings. The lowest BCUT2D eigenvalue weighted by Gasteiger charge is -2.15. The molecule has 0 radical (unpaired) electrons. The third kappa shape index (κ3) is 11.9. The molecular formula is C12H27NO3. The second-order valence-corrected chi connectivity index (χ2v) is 4.35. The Bertz CT molecular complexity index is 142. The Labute approximate surface area is 99.6 Å². The maximum atomic E-state index is 5.50. The molecule has 0 heterocycles. The van der Waals surface area contributed by atoms with Crippen molar-refractivity contribution < 1.29 is 14.2 Å². The van der Waals surface area contributed by atoms with E-state index in [0.717, 1.165) is 13.2 Å². The molecule has 4 nitrogen and oxygen atoms in total. The van der Waals surface area contributed by atoms with Crippen LogP contribution in [0, 0.1) is 5.92 Å². The summed E-state index contributed by atoms with van der Waals surface area (Å²) in [5.41, 5.74) is 0. The summed E-state index contributed by atoms with van der Waals surface area (Å²) < 4.78 is 15.7. The largest absolute Gasteiger partial charge is 0.382 e. The van der Waals surface area contributed by atoms with Gasteiger partial charge < -0.3 is 19.5 Å². The van der Waals surface area contributed by atoms with Gasteiger partial charge in [-0.1, -0.05) is 20.8 Å². The molecule has 0 aromatic carbocycles. The van der Waals surface area contributed by atoms with E-state index in [1.807, 2.05) is 0 Å². The van der Waals surface area contributed by atoms with Crippen molar-refractivity contribution in [3.8, 4) is 0 Å². The molecule has 0 aromatic rings. The van der Waals surface area contributed by atoms with Gasteiger partial charge in [0, 0.05) is 19.7 Å². The highest BCUT2D eigenvalue weighted by Crippen LogP contribution is 1.94. The van der Waals surface area contributed by atoms with Gasteiger partial charge >= 0.3 is 0 Å². The molecule has 1 N–H and O–H groups in total. The van der Waals surface area contributed by atoms with Gasteiger partial charge in [-0.3, -0.25) is 0 Å². The van der Waals surface area contributed by atoms with E-state index >= 15 is 0 Å². The molecule has 98 valence electrons. The summed E-state index contributed by atoms with van der Waals surface area (Å²) in [5.74, 6) is 0.543. The monoisotopic (exact) mass is 233 g/mol. The molecule has 0 aromatic heterocycles. The van der Waals surface area contributed by atoms with E-state index < -0.39 is 0 Å². The van der Waals surface area contributed by atoms with Crippen molar-refractivity contribution in [1.29, 1.82) is 0 Å². The van der Waals surface area contributed by atoms with Gasteiger partial charge in [0.2, 0.25) is 0 Å². The predicted molar refractivity (Wildman–Crippen MR) is 65.8 cm³/mol. The van der Waals surface area contributed by atoms with Crippen molar-refractivity contribution in [3.63, 3.8) is 0 Å². The molecule has 0 bridgehead atoms. The molecule has 0 saturated carbocycles. The number of nitrogens with one attached hydrogen (secondary N) is 1. The number of ether oxygens (including phenoxy) is 3. The Morgan fingerprint density at radius 1 is 0.938 bits per heavy atom. The van der Waals surface area contributed by atoms with Gasteiger partial charge in [0.15, 0.2) is 0 Å². The van der Waals surface area contributed by atoms with Crippen LogP contribution < -0.4 is 5.32 Å². The first-order chi connectivity index (χ1) is 7.66. The van der Waals surface area contributed by atoms with Gasteiger partial charge in [-0.25, -0.2) is 0 Å². The van der Waals surface area contributed by atoms with Crippen LogP contribution in [0.15, 0.2) is 0 Å². The van der Waals surface area contributed by atoms with Gasteiger partial charge in [-0.15, -0.1) is 0 Å². The fourth-order valence-electron chi connectivity index (χ4n) is 1.14. The fraction of sp³-hybridized carbons (Fsp3) is 1.00. The number of rotatable bonds is 11. The van der Waals surface area contributed by atoms with Crippen LogP contribution in [0.2, 0.25) is 0 Å². The zero-order valence-electron chi connectivity index (χ0n) is 11.1. The van der Waals surface area contributed by atoms with Crippen molar-refractivity contribution in [2.24, 2.45) is 5.92 Å². The third-order valence-corrected chi connectivity index (χ3v) is 2.08. The highest BCUT2D eigenvalue weighted by molar-refractivity contribution is 4.58. The second kappa shape index (κ2) is 11.3. The van der Waals surface area contributed by atoms with Crippen LogP contribution in [-0.2, 0) is 14.2 Å². The summed E-state index contributed by atoms with van der Waals surface area (Å²) >= 11 is 0. The van der Waals surface area contributed by atoms with E-state index in [9.17, 15) is 0 Å². The average Bonchev–Trinajstić information content (AvgIpc) is 2.25. The van der Waals surface area contributed by atoms with Gasteiger partial charge in [0.25, 0.3) is 0 Å². The topological polar surface area (TPSA) is 39.7 Å². The smallest absolute Gasteiger partial charge is 0.0701 e. The molecule has 0 aliphatic carbocycles. The van der Waals surface area contributed by atoms with Gasteiger partial charge in [0.1, 0.15) is 0 Å². The van der Waals surface area contributed by atoms with E-state index in [1.165, 1.54) is 0 Å². The molecule has 1 atom stereocenters. The number of hydrogen-bond acceptors (Lipinski definition) is 4. The summed E-state index contributed by atoms with van der Waals surface area (Å²) in [6, 6.07) is 0.542. The maximum Gasteiger partial charge on any atom is 0.0701 e. The van der Waals surface area contributed by atoms with E-state index in [1.54, 1.807) is 7.11 Å². The summed E-state index contributed by atoms with van der Waals surface area (Å²) in [6.07, 6.45) is 0. The van der Waals surface area contributed by atoms with E-state index in [0.29, 0.717) is 38.4 Å². The minimum atomic E-state index is 0.542. The van der Waals surface area contributed by atoms with Crippen LogP contribution in [0.1, 0.15) is 20.8 Å². The van der Waals surface area contributed by atoms with Crippen molar-refractivity contribution in [3.05, 3.63) is 0 Å². The quantitative estimate of drug-likeness (QED) is 0.546. The summed E-state index contributed by atoms with van der Waals surface area (Å²) in [7, 11) is 1.67. The van der Waals surface area contributed by atoms with Crippen LogP contribution in [0.4, 0.5) is 0 Å². The maximum absolute atomic E-state index is 5.50. The molecule has 0 aliphatic heterocycles. The molecule has 0 aliphatic rings. The highest BCUT2D eigenvalue weighted by Gasteiger charge is 2.02. The first kappa shape index (κ1) is 15.8. The van der Waals surface area contributed by atoms with Gasteiger partial charge in [-0.05, 0) is 5.92 Å². The molecule has 0 amide bonds. The third-order valence-electron chi connectivity index (χ3n) is 2.08. The SMILES string of the molecule is COCCOCCOCC(C)CNC(C)C. The Balaban J connectivity index is 3.12. The average molecular weight is 233 g/mol. The lowest BCUT2D eigenvalue weighted by atomic mass is 10.2. The predicted octanol–water partition coefficient (Wildman–Crippen LogP) is 1.30. The Kier molecular flexibility index (Phi) is 11.2. The van der Waals surface area contributed by atoms with Gasteiger partial charge in [0.05, 0.1) is 33.0 Å². The Hall–Kier alpha value is -0.160. The van der Waals surface area contributed by atoms with Crippen LogP contribution in [0.5, 0.6) is 0 Å². The molecule has 16 heavy (non-hydrogen) atoms. The summed E-state index contributed by atoms with van der Waals surface area (Å²) in [5, 5.41) is 3.39. The minimum Gasteiger partial charge on any atom is -0.382 e. The molecule has 0 rings (SSSR count). The Morgan fingerprint density at radius 3 is 2.19 bits per heavy atom. The molecule has 0 spiro atoms. The normalized spacial score (nSPS) is 13.3. The van der Waals surface area contributed by atoms with E-state index in [2.05, 4.69) is 26.1 Å². The van der Waals surface area contributed by atoms with Crippen LogP contribution in [0.3, 0.4) is 0 Å². The highest BCUT2D eigenvalue weighted by atomic mass is 16.5. The molecular weight excluding hydrogens is 206 g/mol. The van der Waals surface area contributed by atoms with Crippen molar-refractivity contribution in [2.75, 3.05) is 46.7 Å². The van der Waals surface area contributed by atoms with Crippen molar-refractivity contribution in [2.45, 2.75) is 26.8 Å². The molecule has 1 unspecified atom stereocenters. The van der Waals surface area contributed by atoms with Crippen molar-refractivity contribution >= 4 is 0 Å². The lowest BCUT2D eigenvalue weighted by molar-refractivity contribution is 0.0170. The van der Waals surface area contributed by atoms with Crippen LogP contribution in [-0.4, -0.2) is 52.7 Å². The first-order valence-electron chi connectivity index (χ1n) is 6.04. The zero-order chi connectivity index (χ0) is 12.2. The Morgan fingerprint density at radius 2 is 1.56 bits per heavy atom. The van der Waals surface area contributed by atoms with Crippen LogP contribution >= 0.6 is 0 Å². The zero-order valence-corrected chi connectivity index (χ0v) is 11.1. The summed E-state index contributed by atoms with van der Waals surface area (Å²) in [4.78, 5) is 0. The van der Waals surface area contributed by atoms with Crippen LogP contribution in [0.25, 0.3) is 0 Å². The molecule has 0 saturated heterocycles. The van der Waals surface area contributed by atoms with E-state index in [-0.39, 0.29) is 0 Å². The lowest BCUT2D eigenvalue weighted by Crippen LogP contribution is -2.29. The number of hydrogen-bond donors (Lipinski definition) is 1. The van der Waals surface area contributed by atoms with Crippen molar-refractivity contribution in [1.82, 2.24) is 5.32 Å². The van der Waals surface area contributed by atoms with Gasteiger partial charge in [-0.2, -0.15) is 0 Å². The first-order valence-corrected chi connectivity index (χ1v) is 6.04. The van der Waals surface area contributed by atoms with E-state index in [4.69, 9.17) is 14.2 Å².